The van der Waals surface area contributed by atoms with Gasteiger partial charge in [-0.3, -0.25) is 0 Å². The first-order valence-electron chi connectivity index (χ1n) is 22.6. The molecule has 0 heterocycles. The second-order valence-corrected chi connectivity index (χ2v) is 17.9. The van der Waals surface area contributed by atoms with Crippen LogP contribution < -0.4 is 0 Å². The van der Waals surface area contributed by atoms with Crippen molar-refractivity contribution in [2.24, 2.45) is 0 Å². The van der Waals surface area contributed by atoms with Gasteiger partial charge in [-0.1, -0.05) is 162 Å². The van der Waals surface area contributed by atoms with Crippen molar-refractivity contribution in [2.75, 3.05) is 0 Å². The van der Waals surface area contributed by atoms with Gasteiger partial charge in [0.1, 0.15) is 0 Å². The van der Waals surface area contributed by atoms with Crippen molar-refractivity contribution in [3.63, 3.8) is 0 Å². The molecule has 0 bridgehead atoms. The first kappa shape index (κ1) is 42.0. The highest BCUT2D eigenvalue weighted by Gasteiger charge is 2.04. The lowest BCUT2D eigenvalue weighted by molar-refractivity contribution is 1.50. The van der Waals surface area contributed by atoms with Crippen molar-refractivity contribution in [2.45, 2.75) is 55.4 Å². The molecule has 0 unspecified atom stereocenters. The molecule has 0 amide bonds. The van der Waals surface area contributed by atoms with Gasteiger partial charge < -0.3 is 0 Å². The van der Waals surface area contributed by atoms with E-state index in [1.54, 1.807) is 0 Å². The van der Waals surface area contributed by atoms with Crippen molar-refractivity contribution in [3.05, 3.63) is 239 Å². The van der Waals surface area contributed by atoms with Gasteiger partial charge in [0, 0.05) is 0 Å². The van der Waals surface area contributed by atoms with Crippen LogP contribution in [0.5, 0.6) is 0 Å². The summed E-state index contributed by atoms with van der Waals surface area (Å²) in [7, 11) is 0. The van der Waals surface area contributed by atoms with E-state index in [9.17, 15) is 0 Å². The maximum atomic E-state index is 2.31. The van der Waals surface area contributed by atoms with Crippen LogP contribution in [-0.4, -0.2) is 0 Å². The van der Waals surface area contributed by atoms with Crippen molar-refractivity contribution in [3.8, 4) is 0 Å². The fourth-order valence-corrected chi connectivity index (χ4v) is 9.26. The summed E-state index contributed by atoms with van der Waals surface area (Å²) in [6, 6.07) is 70.6. The molecule has 0 N–H and O–H groups in total. The number of hydrogen-bond acceptors (Lipinski definition) is 0. The molecule has 0 heteroatoms. The van der Waals surface area contributed by atoms with E-state index in [0.717, 1.165) is 0 Å². The molecule has 0 saturated heterocycles. The van der Waals surface area contributed by atoms with E-state index in [0.29, 0.717) is 0 Å². The monoisotopic (exact) mass is 824 g/mol. The fourth-order valence-electron chi connectivity index (χ4n) is 9.26. The molecule has 0 radical (unpaired) electrons. The Hall–Kier alpha value is -7.28. The first-order chi connectivity index (χ1) is 31.0. The zero-order chi connectivity index (χ0) is 44.5. The molecule has 64 heavy (non-hydrogen) atoms. The molecular weight excluding hydrogens is 769 g/mol. The van der Waals surface area contributed by atoms with E-state index in [-0.39, 0.29) is 0 Å². The first-order valence-corrected chi connectivity index (χ1v) is 22.6. The van der Waals surface area contributed by atoms with Gasteiger partial charge in [-0.05, 0) is 218 Å². The van der Waals surface area contributed by atoms with Crippen LogP contribution in [0.1, 0.15) is 44.5 Å². The minimum atomic E-state index is 1.32. The fraction of sp³-hybridized carbons (Fsp3) is 0.125. The van der Waals surface area contributed by atoms with Gasteiger partial charge >= 0.3 is 0 Å². The van der Waals surface area contributed by atoms with Crippen LogP contribution in [0.25, 0.3) is 86.2 Å². The van der Waals surface area contributed by atoms with Crippen molar-refractivity contribution >= 4 is 86.2 Å². The van der Waals surface area contributed by atoms with Gasteiger partial charge in [-0.25, -0.2) is 0 Å². The summed E-state index contributed by atoms with van der Waals surface area (Å²) in [6.07, 6.45) is 0. The number of hydrogen-bond donors (Lipinski definition) is 0. The Morgan fingerprint density at radius 3 is 0.734 bits per heavy atom. The standard InChI is InChI=1S/4C16H14/c1-11-5-3-7-13-9-14-8-4-6-12(2)16(14)10-15(11)13;1-11-6-7-13-10-16-12(2)4-3-5-14(16)9-15(13)8-11;2*1-11-6-7-13-9-14-5-3-4-12(2)16(14)10-15(13)8-11/h4*3-10H,1-2H3. The normalized spacial score (nSPS) is 11.1. The number of aryl methyl sites for hydroxylation is 8. The molecule has 0 aromatic heterocycles. The largest absolute Gasteiger partial charge is 0.0614 e. The predicted molar refractivity (Wildman–Crippen MR) is 284 cm³/mol. The predicted octanol–water partition coefficient (Wildman–Crippen LogP) is 18.4. The minimum absolute atomic E-state index is 1.32. The Labute approximate surface area is 378 Å². The lowest BCUT2D eigenvalue weighted by Gasteiger charge is -2.06. The Kier molecular flexibility index (Phi) is 11.7. The Bertz CT molecular complexity index is 3490. The second-order valence-electron chi connectivity index (χ2n) is 17.9. The number of rotatable bonds is 0. The van der Waals surface area contributed by atoms with Crippen LogP contribution in [0.2, 0.25) is 0 Å². The molecule has 0 saturated carbocycles. The van der Waals surface area contributed by atoms with Gasteiger partial charge in [0.05, 0.1) is 0 Å². The van der Waals surface area contributed by atoms with Crippen molar-refractivity contribution in [1.29, 1.82) is 0 Å². The second kappa shape index (κ2) is 17.8. The van der Waals surface area contributed by atoms with E-state index in [4.69, 9.17) is 0 Å². The SMILES string of the molecule is Cc1ccc2cc3c(C)cccc3cc2c1.Cc1ccc2cc3cccc(C)c3cc2c1.Cc1ccc2cc3cccc(C)c3cc2c1.Cc1cccc2cc3cccc(C)c3cc12. The molecule has 0 aliphatic rings. The summed E-state index contributed by atoms with van der Waals surface area (Å²) in [5.74, 6) is 0. The third-order valence-corrected chi connectivity index (χ3v) is 12.9. The third-order valence-electron chi connectivity index (χ3n) is 12.9. The molecule has 0 spiro atoms. The summed E-state index contributed by atoms with van der Waals surface area (Å²) in [5.41, 5.74) is 10.7. The topological polar surface area (TPSA) is 0 Å². The van der Waals surface area contributed by atoms with Crippen LogP contribution in [0.4, 0.5) is 0 Å². The van der Waals surface area contributed by atoms with E-state index < -0.39 is 0 Å². The van der Waals surface area contributed by atoms with Gasteiger partial charge in [0.25, 0.3) is 0 Å². The highest BCUT2D eigenvalue weighted by Crippen LogP contribution is 2.30. The van der Waals surface area contributed by atoms with Crippen LogP contribution in [-0.2, 0) is 0 Å². The van der Waals surface area contributed by atoms with Crippen molar-refractivity contribution < 1.29 is 0 Å². The van der Waals surface area contributed by atoms with Gasteiger partial charge in [-0.2, -0.15) is 0 Å². The average Bonchev–Trinajstić information content (AvgIpc) is 3.28. The maximum absolute atomic E-state index is 2.31. The molecule has 0 aliphatic heterocycles. The van der Waals surface area contributed by atoms with E-state index >= 15 is 0 Å². The molecule has 12 aromatic carbocycles. The Balaban J connectivity index is 0.000000108. The summed E-state index contributed by atoms with van der Waals surface area (Å²) >= 11 is 0. The molecule has 312 valence electrons. The lowest BCUT2D eigenvalue weighted by atomic mass is 9.98. The van der Waals surface area contributed by atoms with Gasteiger partial charge in [0.2, 0.25) is 0 Å². The highest BCUT2D eigenvalue weighted by atomic mass is 14.1. The number of fused-ring (bicyclic) bond motifs is 8. The summed E-state index contributed by atoms with van der Waals surface area (Å²) < 4.78 is 0. The van der Waals surface area contributed by atoms with E-state index in [1.165, 1.54) is 131 Å². The lowest BCUT2D eigenvalue weighted by Crippen LogP contribution is -1.82. The average molecular weight is 825 g/mol. The summed E-state index contributed by atoms with van der Waals surface area (Å²) in [6.45, 7) is 17.3. The molecule has 0 nitrogen and oxygen atoms in total. The van der Waals surface area contributed by atoms with Crippen LogP contribution in [0.3, 0.4) is 0 Å². The smallest absolute Gasteiger partial charge is 0.0148 e. The van der Waals surface area contributed by atoms with Crippen molar-refractivity contribution in [1.82, 2.24) is 0 Å². The molecule has 0 aliphatic carbocycles. The van der Waals surface area contributed by atoms with E-state index in [2.05, 4.69) is 250 Å². The Morgan fingerprint density at radius 1 is 0.172 bits per heavy atom. The minimum Gasteiger partial charge on any atom is -0.0614 e. The zero-order valence-corrected chi connectivity index (χ0v) is 38.5. The zero-order valence-electron chi connectivity index (χ0n) is 38.5. The molecule has 12 rings (SSSR count). The molecule has 0 fully saturated rings. The summed E-state index contributed by atoms with van der Waals surface area (Å²) in [5, 5.41) is 21.4. The van der Waals surface area contributed by atoms with E-state index in [1.807, 2.05) is 0 Å². The Morgan fingerprint density at radius 2 is 0.406 bits per heavy atom. The molecule has 12 aromatic rings. The quantitative estimate of drug-likeness (QED) is 0.134. The van der Waals surface area contributed by atoms with Gasteiger partial charge in [-0.15, -0.1) is 0 Å². The number of benzene rings is 12. The van der Waals surface area contributed by atoms with Crippen LogP contribution >= 0.6 is 0 Å². The van der Waals surface area contributed by atoms with Gasteiger partial charge in [0.15, 0.2) is 0 Å². The maximum Gasteiger partial charge on any atom is -0.0148 e. The third kappa shape index (κ3) is 8.83. The molecular formula is C64H56. The molecule has 0 atom stereocenters. The van der Waals surface area contributed by atoms with Crippen LogP contribution in [0.15, 0.2) is 194 Å². The summed E-state index contributed by atoms with van der Waals surface area (Å²) in [4.78, 5) is 0. The van der Waals surface area contributed by atoms with Crippen LogP contribution in [0, 0.1) is 55.4 Å². The highest BCUT2D eigenvalue weighted by molar-refractivity contribution is 6.03.